The number of halogens is 2. The van der Waals surface area contributed by atoms with Gasteiger partial charge in [-0.2, -0.15) is 0 Å². The van der Waals surface area contributed by atoms with Gasteiger partial charge in [-0.3, -0.25) is 0 Å². The monoisotopic (exact) mass is 233 g/mol. The Morgan fingerprint density at radius 1 is 1.67 bits per heavy atom. The molecule has 0 saturated heterocycles. The van der Waals surface area contributed by atoms with Crippen LogP contribution in [0, 0.1) is 5.82 Å². The molecule has 0 amide bonds. The zero-order valence-electron chi connectivity index (χ0n) is 6.35. The third kappa shape index (κ3) is 2.42. The van der Waals surface area contributed by atoms with E-state index in [0.29, 0.717) is 17.6 Å². The normalized spacial score (nSPS) is 9.92. The predicted octanol–water partition coefficient (Wildman–Crippen LogP) is 1.35. The average molecular weight is 234 g/mol. The summed E-state index contributed by atoms with van der Waals surface area (Å²) in [5.41, 5.74) is 5.23. The van der Waals surface area contributed by atoms with Gasteiger partial charge < -0.3 is 11.1 Å². The molecule has 0 unspecified atom stereocenters. The van der Waals surface area contributed by atoms with Gasteiger partial charge in [0.1, 0.15) is 0 Å². The highest BCUT2D eigenvalue weighted by Gasteiger charge is 2.01. The van der Waals surface area contributed by atoms with Crippen LogP contribution in [0.25, 0.3) is 0 Å². The van der Waals surface area contributed by atoms with Crippen LogP contribution < -0.4 is 11.1 Å². The Kier molecular flexibility index (Phi) is 3.43. The van der Waals surface area contributed by atoms with Crippen molar-refractivity contribution in [2.24, 2.45) is 5.73 Å². The number of hydrogen-bond acceptors (Lipinski definition) is 3. The van der Waals surface area contributed by atoms with Crippen LogP contribution in [0.15, 0.2) is 16.7 Å². The highest BCUT2D eigenvalue weighted by atomic mass is 79.9. The van der Waals surface area contributed by atoms with Crippen molar-refractivity contribution >= 4 is 21.7 Å². The summed E-state index contributed by atoms with van der Waals surface area (Å²) in [6, 6.07) is 1.35. The van der Waals surface area contributed by atoms with E-state index in [9.17, 15) is 4.39 Å². The fourth-order valence-electron chi connectivity index (χ4n) is 0.735. The summed E-state index contributed by atoms with van der Waals surface area (Å²) < 4.78 is 13.6. The molecule has 1 aromatic rings. The second-order valence-corrected chi connectivity index (χ2v) is 3.12. The molecule has 3 N–H and O–H groups in total. The Labute approximate surface area is 78.3 Å². The molecular formula is C7H9BrFN3. The quantitative estimate of drug-likeness (QED) is 0.829. The zero-order chi connectivity index (χ0) is 8.97. The van der Waals surface area contributed by atoms with E-state index >= 15 is 0 Å². The number of anilines is 1. The molecule has 0 saturated carbocycles. The highest BCUT2D eigenvalue weighted by Crippen LogP contribution is 2.15. The molecule has 0 radical (unpaired) electrons. The maximum absolute atomic E-state index is 13.0. The number of nitrogens with two attached hydrogens (primary N) is 1. The number of aromatic nitrogens is 1. The summed E-state index contributed by atoms with van der Waals surface area (Å²) in [7, 11) is 0. The van der Waals surface area contributed by atoms with Crippen molar-refractivity contribution in [3.8, 4) is 0 Å². The van der Waals surface area contributed by atoms with Crippen LogP contribution in [-0.4, -0.2) is 18.1 Å². The summed E-state index contributed by atoms with van der Waals surface area (Å²) in [4.78, 5) is 3.83. The van der Waals surface area contributed by atoms with Crippen LogP contribution in [0.1, 0.15) is 0 Å². The first kappa shape index (κ1) is 9.41. The lowest BCUT2D eigenvalue weighted by atomic mass is 10.4. The van der Waals surface area contributed by atoms with Crippen LogP contribution in [0.2, 0.25) is 0 Å². The molecule has 0 bridgehead atoms. The van der Waals surface area contributed by atoms with Gasteiger partial charge in [-0.25, -0.2) is 9.37 Å². The first-order chi connectivity index (χ1) is 5.74. The summed E-state index contributed by atoms with van der Waals surface area (Å²) in [6.45, 7) is 0.975. The minimum Gasteiger partial charge on any atom is -0.366 e. The van der Waals surface area contributed by atoms with Gasteiger partial charge in [0.05, 0.1) is 0 Å². The average Bonchev–Trinajstić information content (AvgIpc) is 2.03. The van der Waals surface area contributed by atoms with Gasteiger partial charge in [0, 0.05) is 23.8 Å². The molecule has 0 aliphatic carbocycles. The Morgan fingerprint density at radius 3 is 3.00 bits per heavy atom. The Balaban J connectivity index is 2.72. The van der Waals surface area contributed by atoms with Crippen LogP contribution >= 0.6 is 15.9 Å². The van der Waals surface area contributed by atoms with E-state index in [2.05, 4.69) is 26.2 Å². The molecule has 1 heterocycles. The smallest absolute Gasteiger partial charge is 0.166 e. The molecule has 0 spiro atoms. The summed E-state index contributed by atoms with van der Waals surface area (Å²) in [5.74, 6) is -0.138. The van der Waals surface area contributed by atoms with Crippen LogP contribution in [0.5, 0.6) is 0 Å². The lowest BCUT2D eigenvalue weighted by Gasteiger charge is -2.03. The molecular weight excluding hydrogens is 225 g/mol. The van der Waals surface area contributed by atoms with E-state index in [4.69, 9.17) is 5.73 Å². The van der Waals surface area contributed by atoms with Crippen molar-refractivity contribution in [3.63, 3.8) is 0 Å². The fourth-order valence-corrected chi connectivity index (χ4v) is 1.04. The highest BCUT2D eigenvalue weighted by molar-refractivity contribution is 9.10. The van der Waals surface area contributed by atoms with Crippen LogP contribution in [-0.2, 0) is 0 Å². The first-order valence-corrected chi connectivity index (χ1v) is 4.28. The van der Waals surface area contributed by atoms with Crippen molar-refractivity contribution in [2.45, 2.75) is 0 Å². The molecule has 0 aliphatic heterocycles. The third-order valence-electron chi connectivity index (χ3n) is 1.24. The van der Waals surface area contributed by atoms with Gasteiger partial charge in [-0.1, -0.05) is 0 Å². The maximum Gasteiger partial charge on any atom is 0.166 e. The fraction of sp³-hybridized carbons (Fsp3) is 0.286. The third-order valence-corrected chi connectivity index (χ3v) is 1.68. The maximum atomic E-state index is 13.0. The molecule has 0 atom stereocenters. The molecule has 0 aliphatic rings. The molecule has 66 valence electrons. The summed E-state index contributed by atoms with van der Waals surface area (Å²) >= 11 is 3.11. The molecule has 1 rings (SSSR count). The van der Waals surface area contributed by atoms with Gasteiger partial charge in [0.15, 0.2) is 11.6 Å². The number of rotatable bonds is 3. The minimum absolute atomic E-state index is 0.239. The summed E-state index contributed by atoms with van der Waals surface area (Å²) in [6.07, 6.45) is 1.53. The van der Waals surface area contributed by atoms with E-state index in [1.165, 1.54) is 12.3 Å². The van der Waals surface area contributed by atoms with Crippen LogP contribution in [0.4, 0.5) is 10.2 Å². The van der Waals surface area contributed by atoms with E-state index in [-0.39, 0.29) is 11.6 Å². The topological polar surface area (TPSA) is 50.9 Å². The van der Waals surface area contributed by atoms with Crippen molar-refractivity contribution in [1.82, 2.24) is 4.98 Å². The number of nitrogens with zero attached hydrogens (tertiary/aromatic N) is 1. The van der Waals surface area contributed by atoms with Crippen molar-refractivity contribution < 1.29 is 4.39 Å². The van der Waals surface area contributed by atoms with Gasteiger partial charge >= 0.3 is 0 Å². The van der Waals surface area contributed by atoms with Crippen LogP contribution in [0.3, 0.4) is 0 Å². The summed E-state index contributed by atoms with van der Waals surface area (Å²) in [5, 5.41) is 2.76. The second-order valence-electron chi connectivity index (χ2n) is 2.20. The molecule has 0 fully saturated rings. The molecule has 0 aromatic carbocycles. The Bertz CT molecular complexity index is 267. The second kappa shape index (κ2) is 4.37. The molecule has 5 heteroatoms. The van der Waals surface area contributed by atoms with E-state index in [0.717, 1.165) is 0 Å². The van der Waals surface area contributed by atoms with Gasteiger partial charge in [0.2, 0.25) is 0 Å². The van der Waals surface area contributed by atoms with E-state index in [1.54, 1.807) is 0 Å². The van der Waals surface area contributed by atoms with Crippen molar-refractivity contribution in [3.05, 3.63) is 22.6 Å². The van der Waals surface area contributed by atoms with E-state index in [1.807, 2.05) is 0 Å². The number of pyridine rings is 1. The van der Waals surface area contributed by atoms with Crippen molar-refractivity contribution in [1.29, 1.82) is 0 Å². The number of hydrogen-bond donors (Lipinski definition) is 2. The Hall–Kier alpha value is -0.680. The molecule has 12 heavy (non-hydrogen) atoms. The zero-order valence-corrected chi connectivity index (χ0v) is 7.94. The van der Waals surface area contributed by atoms with Gasteiger partial charge in [0.25, 0.3) is 0 Å². The molecule has 3 nitrogen and oxygen atoms in total. The van der Waals surface area contributed by atoms with Crippen molar-refractivity contribution in [2.75, 3.05) is 18.4 Å². The lowest BCUT2D eigenvalue weighted by molar-refractivity contribution is 0.623. The van der Waals surface area contributed by atoms with Gasteiger partial charge in [-0.05, 0) is 22.0 Å². The standard InChI is InChI=1S/C7H9BrFN3/c8-5-3-6(9)7(12-4-5)11-2-1-10/h3-4H,1-2,10H2,(H,11,12). The Morgan fingerprint density at radius 2 is 2.42 bits per heavy atom. The van der Waals surface area contributed by atoms with E-state index < -0.39 is 0 Å². The minimum atomic E-state index is -0.377. The first-order valence-electron chi connectivity index (χ1n) is 3.49. The lowest BCUT2D eigenvalue weighted by Crippen LogP contribution is -2.14. The molecule has 1 aromatic heterocycles. The van der Waals surface area contributed by atoms with Gasteiger partial charge in [-0.15, -0.1) is 0 Å². The number of nitrogens with one attached hydrogen (secondary N) is 1. The predicted molar refractivity (Wildman–Crippen MR) is 49.4 cm³/mol. The largest absolute Gasteiger partial charge is 0.366 e. The SMILES string of the molecule is NCCNc1ncc(Br)cc1F.